The van der Waals surface area contributed by atoms with Gasteiger partial charge in [-0.15, -0.1) is 5.10 Å². The molecule has 0 amide bonds. The molecule has 1 fully saturated rings. The minimum atomic E-state index is 0.172. The van der Waals surface area contributed by atoms with Crippen LogP contribution in [0.15, 0.2) is 6.20 Å². The van der Waals surface area contributed by atoms with E-state index in [2.05, 4.69) is 48.2 Å². The summed E-state index contributed by atoms with van der Waals surface area (Å²) < 4.78 is 1.77. The number of piperazine rings is 1. The zero-order chi connectivity index (χ0) is 14.0. The lowest BCUT2D eigenvalue weighted by Gasteiger charge is -2.46. The van der Waals surface area contributed by atoms with Crippen molar-refractivity contribution in [3.05, 3.63) is 11.9 Å². The second kappa shape index (κ2) is 5.59. The summed E-state index contributed by atoms with van der Waals surface area (Å²) in [7, 11) is 1.92. The van der Waals surface area contributed by atoms with Crippen LogP contribution in [-0.2, 0) is 13.6 Å². The number of hydrogen-bond donors (Lipinski definition) is 1. The zero-order valence-electron chi connectivity index (χ0n) is 12.8. The van der Waals surface area contributed by atoms with Crippen molar-refractivity contribution < 1.29 is 0 Å². The van der Waals surface area contributed by atoms with Gasteiger partial charge in [-0.05, 0) is 26.2 Å². The first kappa shape index (κ1) is 14.5. The molecule has 0 aromatic carbocycles. The van der Waals surface area contributed by atoms with Gasteiger partial charge in [-0.2, -0.15) is 0 Å². The molecular formula is C14H27N5. The van der Waals surface area contributed by atoms with Crippen molar-refractivity contribution in [1.29, 1.82) is 0 Å². The summed E-state index contributed by atoms with van der Waals surface area (Å²) in [4.78, 5) is 2.53. The highest BCUT2D eigenvalue weighted by molar-refractivity contribution is 4.99. The molecule has 1 N–H and O–H groups in total. The molecule has 19 heavy (non-hydrogen) atoms. The molecule has 1 atom stereocenters. The van der Waals surface area contributed by atoms with Crippen molar-refractivity contribution in [1.82, 2.24) is 25.2 Å². The highest BCUT2D eigenvalue weighted by Crippen LogP contribution is 2.22. The molecule has 1 aromatic heterocycles. The van der Waals surface area contributed by atoms with Gasteiger partial charge in [0, 0.05) is 44.5 Å². The predicted molar refractivity (Wildman–Crippen MR) is 76.7 cm³/mol. The molecule has 0 radical (unpaired) electrons. The van der Waals surface area contributed by atoms with Crippen molar-refractivity contribution in [3.8, 4) is 0 Å². The van der Waals surface area contributed by atoms with Crippen molar-refractivity contribution in [2.75, 3.05) is 13.1 Å². The Kier molecular flexibility index (Phi) is 4.26. The molecule has 2 heterocycles. The number of aryl methyl sites for hydroxylation is 1. The molecule has 1 saturated heterocycles. The van der Waals surface area contributed by atoms with Gasteiger partial charge in [-0.3, -0.25) is 9.58 Å². The van der Waals surface area contributed by atoms with Gasteiger partial charge < -0.3 is 5.32 Å². The van der Waals surface area contributed by atoms with Crippen LogP contribution < -0.4 is 5.32 Å². The Hall–Kier alpha value is -0.940. The first-order valence-corrected chi connectivity index (χ1v) is 7.20. The number of aromatic nitrogens is 3. The Labute approximate surface area is 116 Å². The fourth-order valence-corrected chi connectivity index (χ4v) is 2.75. The second-order valence-electron chi connectivity index (χ2n) is 6.78. The first-order chi connectivity index (χ1) is 8.87. The Morgan fingerprint density at radius 3 is 2.79 bits per heavy atom. The average Bonchev–Trinajstić information content (AvgIpc) is 2.69. The van der Waals surface area contributed by atoms with E-state index in [1.807, 2.05) is 13.2 Å². The van der Waals surface area contributed by atoms with Crippen LogP contribution in [0.3, 0.4) is 0 Å². The number of nitrogens with one attached hydrogen (secondary N) is 1. The van der Waals surface area contributed by atoms with Crippen LogP contribution in [0.2, 0.25) is 0 Å². The van der Waals surface area contributed by atoms with Gasteiger partial charge >= 0.3 is 0 Å². The van der Waals surface area contributed by atoms with Gasteiger partial charge in [0.15, 0.2) is 0 Å². The molecule has 0 saturated carbocycles. The number of nitrogens with zero attached hydrogens (tertiary/aromatic N) is 4. The summed E-state index contributed by atoms with van der Waals surface area (Å²) in [6.07, 6.45) is 3.24. The highest BCUT2D eigenvalue weighted by atomic mass is 15.4. The van der Waals surface area contributed by atoms with Crippen LogP contribution in [0.25, 0.3) is 0 Å². The molecular weight excluding hydrogens is 238 g/mol. The van der Waals surface area contributed by atoms with Gasteiger partial charge in [-0.25, -0.2) is 0 Å². The van der Waals surface area contributed by atoms with Crippen molar-refractivity contribution in [2.45, 2.75) is 52.2 Å². The van der Waals surface area contributed by atoms with Crippen LogP contribution in [-0.4, -0.2) is 44.6 Å². The fraction of sp³-hybridized carbons (Fsp3) is 0.857. The average molecular weight is 265 g/mol. The van der Waals surface area contributed by atoms with E-state index in [0.717, 1.165) is 31.2 Å². The molecule has 1 aliphatic heterocycles. The summed E-state index contributed by atoms with van der Waals surface area (Å²) in [6.45, 7) is 12.2. The molecule has 2 rings (SSSR count). The smallest absolute Gasteiger partial charge is 0.0967 e. The molecule has 5 heteroatoms. The minimum Gasteiger partial charge on any atom is -0.311 e. The van der Waals surface area contributed by atoms with Gasteiger partial charge in [0.1, 0.15) is 0 Å². The van der Waals surface area contributed by atoms with E-state index < -0.39 is 0 Å². The molecule has 1 aromatic rings. The van der Waals surface area contributed by atoms with E-state index in [1.165, 1.54) is 6.42 Å². The van der Waals surface area contributed by atoms with Gasteiger partial charge in [0.2, 0.25) is 0 Å². The molecule has 5 nitrogen and oxygen atoms in total. The quantitative estimate of drug-likeness (QED) is 0.894. The zero-order valence-corrected chi connectivity index (χ0v) is 12.8. The van der Waals surface area contributed by atoms with Gasteiger partial charge in [0.05, 0.1) is 5.69 Å². The van der Waals surface area contributed by atoms with Crippen LogP contribution in [0.5, 0.6) is 0 Å². The van der Waals surface area contributed by atoms with E-state index >= 15 is 0 Å². The fourth-order valence-electron chi connectivity index (χ4n) is 2.75. The third kappa shape index (κ3) is 3.76. The van der Waals surface area contributed by atoms with E-state index in [1.54, 1.807) is 4.68 Å². The summed E-state index contributed by atoms with van der Waals surface area (Å²) >= 11 is 0. The molecule has 0 bridgehead atoms. The normalized spacial score (nSPS) is 24.0. The highest BCUT2D eigenvalue weighted by Gasteiger charge is 2.34. The SMILES string of the molecule is CC(C)CC1CN(Cc2cn(C)nn2)C(C)(C)CN1. The van der Waals surface area contributed by atoms with Crippen molar-refractivity contribution in [2.24, 2.45) is 13.0 Å². The maximum atomic E-state index is 4.21. The Morgan fingerprint density at radius 1 is 1.47 bits per heavy atom. The Morgan fingerprint density at radius 2 is 2.21 bits per heavy atom. The standard InChI is InChI=1S/C14H27N5/c1-11(2)6-12-8-19(14(3,4)10-15-12)9-13-7-18(5)17-16-13/h7,11-12,15H,6,8-10H2,1-5H3. The molecule has 0 aliphatic carbocycles. The third-order valence-corrected chi connectivity index (χ3v) is 3.88. The van der Waals surface area contributed by atoms with Crippen molar-refractivity contribution in [3.63, 3.8) is 0 Å². The Bertz CT molecular complexity index is 410. The van der Waals surface area contributed by atoms with Crippen molar-refractivity contribution >= 4 is 0 Å². The lowest BCUT2D eigenvalue weighted by atomic mass is 9.93. The van der Waals surface area contributed by atoms with Crippen LogP contribution in [0.4, 0.5) is 0 Å². The van der Waals surface area contributed by atoms with Crippen LogP contribution in [0.1, 0.15) is 39.8 Å². The van der Waals surface area contributed by atoms with E-state index in [0.29, 0.717) is 6.04 Å². The molecule has 0 spiro atoms. The first-order valence-electron chi connectivity index (χ1n) is 7.20. The summed E-state index contributed by atoms with van der Waals surface area (Å²) in [5.74, 6) is 0.733. The summed E-state index contributed by atoms with van der Waals surface area (Å²) in [5.41, 5.74) is 1.23. The van der Waals surface area contributed by atoms with Crippen LogP contribution >= 0.6 is 0 Å². The Balaban J connectivity index is 2.02. The lowest BCUT2D eigenvalue weighted by Crippen LogP contribution is -2.61. The molecule has 108 valence electrons. The number of hydrogen-bond acceptors (Lipinski definition) is 4. The summed E-state index contributed by atoms with van der Waals surface area (Å²) in [5, 5.41) is 11.9. The second-order valence-corrected chi connectivity index (χ2v) is 6.78. The largest absolute Gasteiger partial charge is 0.311 e. The summed E-state index contributed by atoms with van der Waals surface area (Å²) in [6, 6.07) is 0.588. The van der Waals surface area contributed by atoms with E-state index in [4.69, 9.17) is 0 Å². The van der Waals surface area contributed by atoms with Gasteiger partial charge in [0.25, 0.3) is 0 Å². The number of rotatable bonds is 4. The lowest BCUT2D eigenvalue weighted by molar-refractivity contribution is 0.0524. The maximum Gasteiger partial charge on any atom is 0.0967 e. The third-order valence-electron chi connectivity index (χ3n) is 3.88. The van der Waals surface area contributed by atoms with Crippen LogP contribution in [0, 0.1) is 5.92 Å². The predicted octanol–water partition coefficient (Wildman–Crippen LogP) is 1.41. The van der Waals surface area contributed by atoms with E-state index in [9.17, 15) is 0 Å². The molecule has 1 aliphatic rings. The molecule has 1 unspecified atom stereocenters. The monoisotopic (exact) mass is 265 g/mol. The van der Waals surface area contributed by atoms with E-state index in [-0.39, 0.29) is 5.54 Å². The minimum absolute atomic E-state index is 0.172. The van der Waals surface area contributed by atoms with Gasteiger partial charge in [-0.1, -0.05) is 19.1 Å². The topological polar surface area (TPSA) is 46.0 Å². The maximum absolute atomic E-state index is 4.21.